The van der Waals surface area contributed by atoms with Gasteiger partial charge >= 0.3 is 5.69 Å². The van der Waals surface area contributed by atoms with Gasteiger partial charge < -0.3 is 20.3 Å². The van der Waals surface area contributed by atoms with Crippen LogP contribution < -0.4 is 11.0 Å². The third-order valence-corrected chi connectivity index (χ3v) is 5.04. The molecule has 1 amide bonds. The predicted octanol–water partition coefficient (Wildman–Crippen LogP) is 1.13. The first-order valence-electron chi connectivity index (χ1n) is 9.21. The van der Waals surface area contributed by atoms with Crippen LogP contribution in [-0.2, 0) is 9.53 Å². The number of nitrogens with one attached hydrogen (secondary N) is 1. The Labute approximate surface area is 157 Å². The third kappa shape index (κ3) is 4.52. The number of hydrogen-bond acceptors (Lipinski definition) is 6. The molecule has 0 spiro atoms. The van der Waals surface area contributed by atoms with Crippen LogP contribution in [0.2, 0.25) is 0 Å². The molecule has 2 heterocycles. The molecule has 1 saturated heterocycles. The molecule has 0 radical (unpaired) electrons. The summed E-state index contributed by atoms with van der Waals surface area (Å²) in [5, 5.41) is 21.7. The molecule has 8 nitrogen and oxygen atoms in total. The molecule has 3 atom stereocenters. The summed E-state index contributed by atoms with van der Waals surface area (Å²) < 4.78 is 6.62. The number of ether oxygens (including phenoxy) is 1. The number of carbonyl (C=O) groups is 1. The van der Waals surface area contributed by atoms with Crippen molar-refractivity contribution in [2.24, 2.45) is 5.92 Å². The van der Waals surface area contributed by atoms with Gasteiger partial charge in [0.25, 0.3) is 0 Å². The molecule has 1 aliphatic heterocycles. The van der Waals surface area contributed by atoms with Crippen molar-refractivity contribution in [3.05, 3.63) is 47.1 Å². The average molecular weight is 375 g/mol. The van der Waals surface area contributed by atoms with Crippen LogP contribution in [0.5, 0.6) is 0 Å². The zero-order chi connectivity index (χ0) is 19.4. The van der Waals surface area contributed by atoms with Crippen LogP contribution in [0.4, 0.5) is 5.82 Å². The molecule has 146 valence electrons. The first-order valence-corrected chi connectivity index (χ1v) is 9.21. The molecule has 27 heavy (non-hydrogen) atoms. The van der Waals surface area contributed by atoms with Crippen LogP contribution in [0.1, 0.15) is 38.3 Å². The monoisotopic (exact) mass is 375 g/mol. The quantitative estimate of drug-likeness (QED) is 0.525. The number of carbonyl (C=O) groups excluding carboxylic acids is 1. The highest BCUT2D eigenvalue weighted by Gasteiger charge is 2.38. The van der Waals surface area contributed by atoms with Crippen LogP contribution in [-0.4, -0.2) is 44.5 Å². The summed E-state index contributed by atoms with van der Waals surface area (Å²) in [6.07, 6.45) is 7.86. The lowest BCUT2D eigenvalue weighted by atomic mass is 9.89. The van der Waals surface area contributed by atoms with E-state index >= 15 is 0 Å². The van der Waals surface area contributed by atoms with Crippen LogP contribution in [0.3, 0.4) is 0 Å². The fraction of sp³-hybridized carbons (Fsp3) is 0.526. The van der Waals surface area contributed by atoms with Crippen molar-refractivity contribution in [1.29, 1.82) is 0 Å². The van der Waals surface area contributed by atoms with E-state index in [-0.39, 0.29) is 23.9 Å². The Morgan fingerprint density at radius 3 is 2.78 bits per heavy atom. The number of aliphatic hydroxyl groups excluding tert-OH is 2. The minimum absolute atomic E-state index is 0.136. The van der Waals surface area contributed by atoms with Crippen LogP contribution in [0.25, 0.3) is 0 Å². The Morgan fingerprint density at radius 2 is 2.15 bits per heavy atom. The van der Waals surface area contributed by atoms with Gasteiger partial charge in [-0.25, -0.2) is 4.79 Å². The molecule has 1 aromatic heterocycles. The summed E-state index contributed by atoms with van der Waals surface area (Å²) in [6.45, 7) is 3.33. The van der Waals surface area contributed by atoms with Crippen molar-refractivity contribution in [3.8, 4) is 0 Å². The van der Waals surface area contributed by atoms with E-state index in [1.165, 1.54) is 37.6 Å². The maximum Gasteiger partial charge on any atom is 0.351 e. The lowest BCUT2D eigenvalue weighted by Crippen LogP contribution is -2.28. The molecule has 2 aliphatic rings. The molecule has 0 unspecified atom stereocenters. The highest BCUT2D eigenvalue weighted by atomic mass is 16.5. The number of amides is 1. The maximum atomic E-state index is 12.3. The molecular weight excluding hydrogens is 350 g/mol. The lowest BCUT2D eigenvalue weighted by molar-refractivity contribution is -0.112. The van der Waals surface area contributed by atoms with E-state index in [2.05, 4.69) is 16.9 Å². The Hall–Kier alpha value is -2.29. The minimum Gasteiger partial charge on any atom is -0.394 e. The van der Waals surface area contributed by atoms with E-state index in [1.54, 1.807) is 0 Å². The lowest BCUT2D eigenvalue weighted by Gasteiger charge is -2.17. The summed E-state index contributed by atoms with van der Waals surface area (Å²) in [5.41, 5.74) is -0.383. The van der Waals surface area contributed by atoms with E-state index in [0.29, 0.717) is 5.92 Å². The van der Waals surface area contributed by atoms with Gasteiger partial charge in [0.05, 0.1) is 6.61 Å². The van der Waals surface area contributed by atoms with Gasteiger partial charge in [-0.2, -0.15) is 4.98 Å². The number of rotatable bonds is 5. The highest BCUT2D eigenvalue weighted by Crippen LogP contribution is 2.31. The number of aromatic nitrogens is 2. The van der Waals surface area contributed by atoms with Crippen molar-refractivity contribution >= 4 is 11.7 Å². The minimum atomic E-state index is -1.06. The molecular formula is C19H25N3O5. The largest absolute Gasteiger partial charge is 0.394 e. The molecule has 1 aliphatic carbocycles. The molecule has 3 rings (SSSR count). The second kappa shape index (κ2) is 8.60. The number of hydrogen-bond donors (Lipinski definition) is 3. The normalized spacial score (nSPS) is 26.6. The first-order chi connectivity index (χ1) is 13.0. The molecule has 0 aromatic carbocycles. The molecule has 1 aromatic rings. The molecule has 0 bridgehead atoms. The van der Waals surface area contributed by atoms with E-state index in [0.717, 1.165) is 17.4 Å². The Balaban J connectivity index is 1.64. The average Bonchev–Trinajstić information content (AvgIpc) is 2.95. The van der Waals surface area contributed by atoms with E-state index in [4.69, 9.17) is 4.74 Å². The summed E-state index contributed by atoms with van der Waals surface area (Å²) in [7, 11) is 0. The Morgan fingerprint density at radius 1 is 1.41 bits per heavy atom. The summed E-state index contributed by atoms with van der Waals surface area (Å²) >= 11 is 0. The van der Waals surface area contributed by atoms with Crippen molar-refractivity contribution in [1.82, 2.24) is 9.55 Å². The van der Waals surface area contributed by atoms with Crippen molar-refractivity contribution in [2.45, 2.75) is 50.5 Å². The van der Waals surface area contributed by atoms with Gasteiger partial charge in [-0.1, -0.05) is 31.9 Å². The van der Waals surface area contributed by atoms with Gasteiger partial charge in [-0.3, -0.25) is 9.36 Å². The molecule has 2 fully saturated rings. The number of allylic oxidation sites excluding steroid dienone is 1. The zero-order valence-corrected chi connectivity index (χ0v) is 15.1. The van der Waals surface area contributed by atoms with Gasteiger partial charge in [0, 0.05) is 11.8 Å². The van der Waals surface area contributed by atoms with Gasteiger partial charge in [0.1, 0.15) is 18.0 Å². The predicted molar refractivity (Wildman–Crippen MR) is 99.0 cm³/mol. The zero-order valence-electron chi connectivity index (χ0n) is 15.1. The number of nitrogens with zero attached hydrogens (tertiary/aromatic N) is 2. The van der Waals surface area contributed by atoms with Gasteiger partial charge in [-0.05, 0) is 30.9 Å². The van der Waals surface area contributed by atoms with Gasteiger partial charge in [0.15, 0.2) is 6.23 Å². The van der Waals surface area contributed by atoms with E-state index in [9.17, 15) is 19.8 Å². The SMILES string of the molecule is C=C1[C@H](n2ccc(NC(=O)C=CC3CCCCC3)nc2=O)O[C@H](CO)[C@H]1O. The van der Waals surface area contributed by atoms with Crippen LogP contribution in [0, 0.1) is 5.92 Å². The van der Waals surface area contributed by atoms with Crippen LogP contribution in [0.15, 0.2) is 41.4 Å². The second-order valence-electron chi connectivity index (χ2n) is 6.98. The summed E-state index contributed by atoms with van der Waals surface area (Å²) in [6, 6.07) is 1.48. The first kappa shape index (κ1) is 19.5. The smallest absolute Gasteiger partial charge is 0.351 e. The highest BCUT2D eigenvalue weighted by molar-refractivity contribution is 5.98. The maximum absolute atomic E-state index is 12.3. The standard InChI is InChI=1S/C19H25N3O5/c1-12-17(25)14(11-23)27-18(12)22-10-9-15(21-19(22)26)20-16(24)8-7-13-5-3-2-4-6-13/h7-10,13-14,17-18,23,25H,1-6,11H2,(H,20,21,24,26)/t14-,17+,18-/m1/s1. The third-order valence-electron chi connectivity index (χ3n) is 5.04. The molecule has 1 saturated carbocycles. The summed E-state index contributed by atoms with van der Waals surface area (Å²) in [5.74, 6) is 0.238. The second-order valence-corrected chi connectivity index (χ2v) is 6.98. The van der Waals surface area contributed by atoms with E-state index < -0.39 is 24.1 Å². The topological polar surface area (TPSA) is 114 Å². The van der Waals surface area contributed by atoms with Crippen LogP contribution >= 0.6 is 0 Å². The van der Waals surface area contributed by atoms with Crippen molar-refractivity contribution in [3.63, 3.8) is 0 Å². The van der Waals surface area contributed by atoms with Gasteiger partial charge in [-0.15, -0.1) is 0 Å². The van der Waals surface area contributed by atoms with Gasteiger partial charge in [0.2, 0.25) is 5.91 Å². The van der Waals surface area contributed by atoms with E-state index in [1.807, 2.05) is 6.08 Å². The molecule has 3 N–H and O–H groups in total. The Kier molecular flexibility index (Phi) is 6.20. The number of anilines is 1. The number of aliphatic hydroxyl groups is 2. The fourth-order valence-electron chi connectivity index (χ4n) is 3.48. The Bertz CT molecular complexity index is 782. The van der Waals surface area contributed by atoms with Crippen molar-refractivity contribution in [2.75, 3.05) is 11.9 Å². The summed E-state index contributed by atoms with van der Waals surface area (Å²) in [4.78, 5) is 28.2. The van der Waals surface area contributed by atoms with Crippen molar-refractivity contribution < 1.29 is 19.7 Å². The molecule has 8 heteroatoms. The fourth-order valence-corrected chi connectivity index (χ4v) is 3.48.